The van der Waals surface area contributed by atoms with Crippen molar-refractivity contribution in [2.45, 2.75) is 142 Å². The second kappa shape index (κ2) is 21.2. The van der Waals surface area contributed by atoms with Crippen molar-refractivity contribution in [1.29, 1.82) is 0 Å². The third-order valence-electron chi connectivity index (χ3n) is 6.58. The van der Waals surface area contributed by atoms with E-state index in [2.05, 4.69) is 13.8 Å². The number of ether oxygens (including phenoxy) is 1. The summed E-state index contributed by atoms with van der Waals surface area (Å²) in [6, 6.07) is 0. The summed E-state index contributed by atoms with van der Waals surface area (Å²) < 4.78 is 6.02. The molecule has 2 atom stereocenters. The Bertz CT molecular complexity index is 501. The molecule has 0 saturated carbocycles. The number of quaternary nitrogens is 1. The minimum absolute atomic E-state index is 0.126. The average molecular weight is 485 g/mol. The molecule has 5 nitrogen and oxygen atoms in total. The van der Waals surface area contributed by atoms with Gasteiger partial charge in [0.15, 0.2) is 6.10 Å². The van der Waals surface area contributed by atoms with Gasteiger partial charge in [-0.05, 0) is 12.3 Å². The molecule has 0 aromatic carbocycles. The minimum Gasteiger partial charge on any atom is -0.481 e. The van der Waals surface area contributed by atoms with Gasteiger partial charge in [-0.15, -0.1) is 0 Å². The summed E-state index contributed by atoms with van der Waals surface area (Å²) in [5.74, 6) is -0.352. The third-order valence-corrected chi connectivity index (χ3v) is 6.58. The number of likely N-dealkylation sites (N-methyl/N-ethyl adjacent to an activating group) is 1. The molecule has 0 amide bonds. The number of aliphatic carboxylic acids is 1. The highest BCUT2D eigenvalue weighted by Gasteiger charge is 2.24. The molecule has 34 heavy (non-hydrogen) atoms. The summed E-state index contributed by atoms with van der Waals surface area (Å²) in [4.78, 5) is 23.1. The van der Waals surface area contributed by atoms with Crippen LogP contribution in [0.2, 0.25) is 0 Å². The zero-order chi connectivity index (χ0) is 25.7. The van der Waals surface area contributed by atoms with Crippen LogP contribution < -0.4 is 0 Å². The second-order valence-corrected chi connectivity index (χ2v) is 11.6. The first-order valence-corrected chi connectivity index (χ1v) is 14.4. The molecule has 0 saturated heterocycles. The van der Waals surface area contributed by atoms with Crippen molar-refractivity contribution in [2.75, 3.05) is 27.7 Å². The molecule has 0 rings (SSSR count). The van der Waals surface area contributed by atoms with Crippen molar-refractivity contribution in [1.82, 2.24) is 0 Å². The standard InChI is InChI=1S/C29H57NO4/c1-6-7-8-9-10-11-12-13-15-18-21-26(2)22-19-16-14-17-20-23-29(33)34-27(24-28(31)32)25-30(3,4)5/h26-27H,6-25H2,1-5H3/p+1. The molecule has 0 spiro atoms. The van der Waals surface area contributed by atoms with E-state index in [0.29, 0.717) is 17.4 Å². The van der Waals surface area contributed by atoms with Crippen LogP contribution in [0.25, 0.3) is 0 Å². The van der Waals surface area contributed by atoms with Crippen LogP contribution in [-0.2, 0) is 14.3 Å². The quantitative estimate of drug-likeness (QED) is 0.0863. The van der Waals surface area contributed by atoms with E-state index in [9.17, 15) is 9.59 Å². The molecule has 0 fully saturated rings. The van der Waals surface area contributed by atoms with Gasteiger partial charge in [0.05, 0.1) is 27.6 Å². The minimum atomic E-state index is -0.923. The predicted molar refractivity (Wildman–Crippen MR) is 143 cm³/mol. The van der Waals surface area contributed by atoms with Crippen molar-refractivity contribution in [2.24, 2.45) is 5.92 Å². The largest absolute Gasteiger partial charge is 0.481 e. The van der Waals surface area contributed by atoms with Crippen LogP contribution in [-0.4, -0.2) is 55.3 Å². The number of carboxylic acid groups (broad SMARTS) is 1. The van der Waals surface area contributed by atoms with Crippen LogP contribution in [0.5, 0.6) is 0 Å². The van der Waals surface area contributed by atoms with Crippen molar-refractivity contribution < 1.29 is 23.9 Å². The summed E-state index contributed by atoms with van der Waals surface area (Å²) in [5.41, 5.74) is 0. The fourth-order valence-corrected chi connectivity index (χ4v) is 4.61. The molecule has 0 aliphatic carbocycles. The smallest absolute Gasteiger partial charge is 0.307 e. The zero-order valence-corrected chi connectivity index (χ0v) is 23.4. The first-order chi connectivity index (χ1) is 16.1. The highest BCUT2D eigenvalue weighted by atomic mass is 16.5. The first-order valence-electron chi connectivity index (χ1n) is 14.4. The highest BCUT2D eigenvalue weighted by Crippen LogP contribution is 2.19. The lowest BCUT2D eigenvalue weighted by atomic mass is 9.96. The molecule has 202 valence electrons. The summed E-state index contributed by atoms with van der Waals surface area (Å²) in [6.07, 6.45) is 22.0. The fourth-order valence-electron chi connectivity index (χ4n) is 4.61. The van der Waals surface area contributed by atoms with E-state index in [1.54, 1.807) is 0 Å². The van der Waals surface area contributed by atoms with Crippen molar-refractivity contribution in [3.63, 3.8) is 0 Å². The Balaban J connectivity index is 3.61. The van der Waals surface area contributed by atoms with E-state index in [0.717, 1.165) is 25.2 Å². The Labute approximate surface area is 211 Å². The molecule has 5 heteroatoms. The number of carbonyl (C=O) groups excluding carboxylic acids is 1. The van der Waals surface area contributed by atoms with Crippen LogP contribution >= 0.6 is 0 Å². The third kappa shape index (κ3) is 24.0. The Morgan fingerprint density at radius 2 is 1.18 bits per heavy atom. The van der Waals surface area contributed by atoms with Crippen molar-refractivity contribution in [3.05, 3.63) is 0 Å². The summed E-state index contributed by atoms with van der Waals surface area (Å²) >= 11 is 0. The van der Waals surface area contributed by atoms with Gasteiger partial charge in [0.1, 0.15) is 6.54 Å². The van der Waals surface area contributed by atoms with Crippen molar-refractivity contribution in [3.8, 4) is 0 Å². The van der Waals surface area contributed by atoms with Gasteiger partial charge >= 0.3 is 11.9 Å². The predicted octanol–water partition coefficient (Wildman–Crippen LogP) is 7.76. The Hall–Kier alpha value is -1.10. The number of hydrogen-bond acceptors (Lipinski definition) is 3. The number of esters is 1. The van der Waals surface area contributed by atoms with E-state index in [4.69, 9.17) is 9.84 Å². The van der Waals surface area contributed by atoms with E-state index < -0.39 is 12.1 Å². The highest BCUT2D eigenvalue weighted by molar-refractivity contribution is 5.71. The molecule has 1 N–H and O–H groups in total. The average Bonchev–Trinajstić information content (AvgIpc) is 2.72. The molecule has 0 aromatic heterocycles. The molecule has 0 aliphatic rings. The lowest BCUT2D eigenvalue weighted by molar-refractivity contribution is -0.873. The van der Waals surface area contributed by atoms with Crippen LogP contribution in [0, 0.1) is 5.92 Å². The number of rotatable bonds is 24. The fraction of sp³-hybridized carbons (Fsp3) is 0.931. The number of unbranched alkanes of at least 4 members (excludes halogenated alkanes) is 13. The number of carbonyl (C=O) groups is 2. The van der Waals surface area contributed by atoms with Crippen molar-refractivity contribution >= 4 is 11.9 Å². The van der Waals surface area contributed by atoms with Gasteiger partial charge < -0.3 is 14.3 Å². The maximum atomic E-state index is 12.1. The number of hydrogen-bond donors (Lipinski definition) is 1. The first kappa shape index (κ1) is 32.9. The maximum absolute atomic E-state index is 12.1. The van der Waals surface area contributed by atoms with E-state index in [-0.39, 0.29) is 12.4 Å². The molecule has 0 aromatic rings. The Morgan fingerprint density at radius 1 is 0.735 bits per heavy atom. The summed E-state index contributed by atoms with van der Waals surface area (Å²) in [7, 11) is 5.92. The van der Waals surface area contributed by atoms with Gasteiger partial charge in [-0.3, -0.25) is 9.59 Å². The van der Waals surface area contributed by atoms with Crippen LogP contribution in [0.1, 0.15) is 136 Å². The molecule has 0 aliphatic heterocycles. The van der Waals surface area contributed by atoms with Crippen LogP contribution in [0.3, 0.4) is 0 Å². The molecular formula is C29H58NO4+. The van der Waals surface area contributed by atoms with Gasteiger partial charge in [-0.1, -0.05) is 117 Å². The molecule has 0 heterocycles. The van der Waals surface area contributed by atoms with Gasteiger partial charge in [0, 0.05) is 6.42 Å². The summed E-state index contributed by atoms with van der Waals surface area (Å²) in [6.45, 7) is 5.18. The monoisotopic (exact) mass is 484 g/mol. The number of nitrogens with zero attached hydrogens (tertiary/aromatic N) is 1. The normalized spacial score (nSPS) is 13.6. The van der Waals surface area contributed by atoms with Crippen LogP contribution in [0.4, 0.5) is 0 Å². The van der Waals surface area contributed by atoms with E-state index in [1.807, 2.05) is 21.1 Å². The maximum Gasteiger partial charge on any atom is 0.307 e. The van der Waals surface area contributed by atoms with Gasteiger partial charge in [0.2, 0.25) is 0 Å². The summed E-state index contributed by atoms with van der Waals surface area (Å²) in [5, 5.41) is 9.05. The van der Waals surface area contributed by atoms with Crippen LogP contribution in [0.15, 0.2) is 0 Å². The van der Waals surface area contributed by atoms with Gasteiger partial charge in [0.25, 0.3) is 0 Å². The van der Waals surface area contributed by atoms with Gasteiger partial charge in [-0.25, -0.2) is 0 Å². The molecule has 0 bridgehead atoms. The SMILES string of the molecule is CCCCCCCCCCCCC(C)CCCCCCCC(=O)OC(CC(=O)O)C[N+](C)(C)C. The second-order valence-electron chi connectivity index (χ2n) is 11.6. The molecular weight excluding hydrogens is 426 g/mol. The topological polar surface area (TPSA) is 63.6 Å². The van der Waals surface area contributed by atoms with Gasteiger partial charge in [-0.2, -0.15) is 0 Å². The number of carboxylic acids is 1. The molecule has 2 unspecified atom stereocenters. The van der Waals surface area contributed by atoms with E-state index >= 15 is 0 Å². The zero-order valence-electron chi connectivity index (χ0n) is 23.4. The van der Waals surface area contributed by atoms with E-state index in [1.165, 1.54) is 89.9 Å². The lowest BCUT2D eigenvalue weighted by Crippen LogP contribution is -2.43. The molecule has 0 radical (unpaired) electrons. The Kier molecular flexibility index (Phi) is 20.5. The Morgan fingerprint density at radius 3 is 1.62 bits per heavy atom. The lowest BCUT2D eigenvalue weighted by Gasteiger charge is -2.28.